The minimum Gasteiger partial charge on any atom is -0.262 e. The Balaban J connectivity index is 2.24. The van der Waals surface area contributed by atoms with Crippen molar-refractivity contribution in [3.05, 3.63) is 39.6 Å². The lowest BCUT2D eigenvalue weighted by molar-refractivity contribution is 0.602. The number of hydrogen-bond acceptors (Lipinski definition) is 4. The highest BCUT2D eigenvalue weighted by Gasteiger charge is 2.16. The summed E-state index contributed by atoms with van der Waals surface area (Å²) in [7, 11) is 1.19. The summed E-state index contributed by atoms with van der Waals surface area (Å²) in [6, 6.07) is 5.07. The van der Waals surface area contributed by atoms with E-state index in [1.165, 1.54) is 0 Å². The molecule has 2 aromatic rings. The Hall–Kier alpha value is -0.820. The molecule has 0 unspecified atom stereocenters. The maximum atomic E-state index is 11.0. The van der Waals surface area contributed by atoms with Gasteiger partial charge in [0.25, 0.3) is 14.2 Å². The van der Waals surface area contributed by atoms with E-state index >= 15 is 0 Å². The zero-order chi connectivity index (χ0) is 13.3. The molecule has 2 rings (SSSR count). The highest BCUT2D eigenvalue weighted by atomic mass is 35.7. The van der Waals surface area contributed by atoms with Crippen LogP contribution in [0.4, 0.5) is 0 Å². The van der Waals surface area contributed by atoms with Crippen LogP contribution in [-0.4, -0.2) is 23.6 Å². The second-order valence-electron chi connectivity index (χ2n) is 3.43. The van der Waals surface area contributed by atoms with Gasteiger partial charge in [0.15, 0.2) is 0 Å². The summed E-state index contributed by atoms with van der Waals surface area (Å²) in [5.74, 6) is 0.368. The Morgan fingerprint density at radius 1 is 1.22 bits per heavy atom. The topological polar surface area (TPSA) is 75.7 Å². The highest BCUT2D eigenvalue weighted by molar-refractivity contribution is 8.13. The van der Waals surface area contributed by atoms with Crippen LogP contribution in [0, 0.1) is 0 Å². The molecule has 1 aromatic heterocycles. The van der Waals surface area contributed by atoms with Crippen molar-refractivity contribution in [1.29, 1.82) is 0 Å². The summed E-state index contributed by atoms with van der Waals surface area (Å²) in [4.78, 5) is 3.77. The molecule has 1 N–H and O–H groups in total. The van der Waals surface area contributed by atoms with Gasteiger partial charge in [0, 0.05) is 17.1 Å². The van der Waals surface area contributed by atoms with Crippen LogP contribution in [-0.2, 0) is 15.5 Å². The van der Waals surface area contributed by atoms with Crippen LogP contribution >= 0.6 is 33.9 Å². The number of hydrogen-bond donors (Lipinski definition) is 1. The maximum absolute atomic E-state index is 11.0. The number of aromatic amines is 1. The molecule has 0 bridgehead atoms. The molecule has 0 aliphatic rings. The lowest BCUT2D eigenvalue weighted by Gasteiger charge is -2.00. The second kappa shape index (κ2) is 5.05. The lowest BCUT2D eigenvalue weighted by Crippen LogP contribution is -1.94. The first-order valence-corrected chi connectivity index (χ1v) is 7.72. The van der Waals surface area contributed by atoms with Crippen LogP contribution in [0.5, 0.6) is 0 Å². The van der Waals surface area contributed by atoms with Gasteiger partial charge in [0.05, 0.1) is 10.0 Å². The van der Waals surface area contributed by atoms with Crippen LogP contribution in [0.3, 0.4) is 0 Å². The van der Waals surface area contributed by atoms with E-state index in [2.05, 4.69) is 15.2 Å². The van der Waals surface area contributed by atoms with Crippen molar-refractivity contribution in [2.45, 2.75) is 11.6 Å². The van der Waals surface area contributed by atoms with Crippen LogP contribution in [0.1, 0.15) is 11.4 Å². The summed E-state index contributed by atoms with van der Waals surface area (Å²) in [6.45, 7) is 0. The standard InChI is InChI=1S/C9H6Cl3N3O2S/c10-6-2-1-5(3-7(6)11)4-8-13-9(15-14-8)18(12,16)17/h1-3H,4H2,(H,13,14,15). The van der Waals surface area contributed by atoms with E-state index in [9.17, 15) is 8.42 Å². The molecule has 0 radical (unpaired) electrons. The van der Waals surface area contributed by atoms with Crippen molar-refractivity contribution in [3.63, 3.8) is 0 Å². The summed E-state index contributed by atoms with van der Waals surface area (Å²) < 4.78 is 22.0. The third-order valence-corrected chi connectivity index (χ3v) is 3.86. The Morgan fingerprint density at radius 3 is 2.50 bits per heavy atom. The van der Waals surface area contributed by atoms with E-state index in [1.807, 2.05) is 0 Å². The van der Waals surface area contributed by atoms with Crippen molar-refractivity contribution in [2.75, 3.05) is 0 Å². The van der Waals surface area contributed by atoms with E-state index in [0.717, 1.165) is 5.56 Å². The van der Waals surface area contributed by atoms with Crippen LogP contribution in [0.2, 0.25) is 10.0 Å². The van der Waals surface area contributed by atoms with Crippen molar-refractivity contribution < 1.29 is 8.42 Å². The van der Waals surface area contributed by atoms with Crippen molar-refractivity contribution in [3.8, 4) is 0 Å². The number of H-pyrrole nitrogens is 1. The maximum Gasteiger partial charge on any atom is 0.298 e. The average molecular weight is 327 g/mol. The third kappa shape index (κ3) is 3.14. The molecule has 0 aliphatic carbocycles. The van der Waals surface area contributed by atoms with Gasteiger partial charge in [-0.2, -0.15) is 0 Å². The normalized spacial score (nSPS) is 11.7. The minimum absolute atomic E-state index is 0.344. The van der Waals surface area contributed by atoms with Gasteiger partial charge < -0.3 is 0 Å². The van der Waals surface area contributed by atoms with Gasteiger partial charge in [-0.25, -0.2) is 13.4 Å². The van der Waals surface area contributed by atoms with E-state index in [1.54, 1.807) is 18.2 Å². The smallest absolute Gasteiger partial charge is 0.262 e. The third-order valence-electron chi connectivity index (χ3n) is 2.08. The zero-order valence-electron chi connectivity index (χ0n) is 8.69. The number of halogens is 3. The SMILES string of the molecule is O=S(=O)(Cl)c1n[nH]c(Cc2ccc(Cl)c(Cl)c2)n1. The molecule has 0 amide bonds. The van der Waals surface area contributed by atoms with Gasteiger partial charge in [0.2, 0.25) is 0 Å². The number of rotatable bonds is 3. The Labute approximate surface area is 118 Å². The van der Waals surface area contributed by atoms with Gasteiger partial charge >= 0.3 is 0 Å². The summed E-state index contributed by atoms with van der Waals surface area (Å²) in [5.41, 5.74) is 0.819. The molecule has 9 heteroatoms. The molecule has 0 fully saturated rings. The largest absolute Gasteiger partial charge is 0.298 e. The molecule has 96 valence electrons. The quantitative estimate of drug-likeness (QED) is 0.880. The van der Waals surface area contributed by atoms with E-state index in [4.69, 9.17) is 33.9 Å². The summed E-state index contributed by atoms with van der Waals surface area (Å²) >= 11 is 11.6. The number of aromatic nitrogens is 3. The molecule has 0 atom stereocenters. The molecule has 0 saturated carbocycles. The van der Waals surface area contributed by atoms with Gasteiger partial charge in [-0.3, -0.25) is 5.10 Å². The molecule has 0 saturated heterocycles. The van der Waals surface area contributed by atoms with Gasteiger partial charge in [-0.1, -0.05) is 29.3 Å². The number of nitrogens with one attached hydrogen (secondary N) is 1. The van der Waals surface area contributed by atoms with E-state index < -0.39 is 14.2 Å². The monoisotopic (exact) mass is 325 g/mol. The lowest BCUT2D eigenvalue weighted by atomic mass is 10.1. The Bertz CT molecular complexity index is 684. The van der Waals surface area contributed by atoms with Crippen molar-refractivity contribution >= 4 is 42.9 Å². The predicted octanol–water partition coefficient (Wildman–Crippen LogP) is 2.63. The number of benzene rings is 1. The van der Waals surface area contributed by atoms with Gasteiger partial charge in [-0.15, -0.1) is 5.10 Å². The highest BCUT2D eigenvalue weighted by Crippen LogP contribution is 2.23. The first-order valence-electron chi connectivity index (χ1n) is 4.66. The predicted molar refractivity (Wildman–Crippen MR) is 68.7 cm³/mol. The molecular weight excluding hydrogens is 321 g/mol. The molecule has 0 spiro atoms. The summed E-state index contributed by atoms with van der Waals surface area (Å²) in [6.07, 6.45) is 0.344. The Morgan fingerprint density at radius 2 is 1.94 bits per heavy atom. The van der Waals surface area contributed by atoms with E-state index in [0.29, 0.717) is 22.3 Å². The zero-order valence-corrected chi connectivity index (χ0v) is 11.8. The van der Waals surface area contributed by atoms with Crippen molar-refractivity contribution in [2.24, 2.45) is 0 Å². The fourth-order valence-electron chi connectivity index (χ4n) is 1.31. The molecule has 1 heterocycles. The first-order chi connectivity index (χ1) is 8.36. The Kier molecular flexibility index (Phi) is 3.82. The average Bonchev–Trinajstić information content (AvgIpc) is 2.72. The molecule has 5 nitrogen and oxygen atoms in total. The fraction of sp³-hybridized carbons (Fsp3) is 0.111. The van der Waals surface area contributed by atoms with Crippen LogP contribution in [0.25, 0.3) is 0 Å². The van der Waals surface area contributed by atoms with Gasteiger partial charge in [-0.05, 0) is 17.7 Å². The minimum atomic E-state index is -3.92. The molecule has 18 heavy (non-hydrogen) atoms. The molecular formula is C9H6Cl3N3O2S. The molecule has 1 aromatic carbocycles. The number of nitrogens with zero attached hydrogens (tertiary/aromatic N) is 2. The van der Waals surface area contributed by atoms with Crippen molar-refractivity contribution in [1.82, 2.24) is 15.2 Å². The first kappa shape index (κ1) is 13.6. The summed E-state index contributed by atoms with van der Waals surface area (Å²) in [5, 5.41) is 6.42. The van der Waals surface area contributed by atoms with Gasteiger partial charge in [0.1, 0.15) is 5.82 Å². The van der Waals surface area contributed by atoms with Crippen LogP contribution in [0.15, 0.2) is 23.4 Å². The van der Waals surface area contributed by atoms with Crippen LogP contribution < -0.4 is 0 Å². The van der Waals surface area contributed by atoms with E-state index in [-0.39, 0.29) is 0 Å². The second-order valence-corrected chi connectivity index (χ2v) is 6.70. The fourth-order valence-corrected chi connectivity index (χ4v) is 2.21. The molecule has 0 aliphatic heterocycles.